The van der Waals surface area contributed by atoms with E-state index in [0.717, 1.165) is 15.8 Å². The molecule has 0 unspecified atom stereocenters. The minimum absolute atomic E-state index is 0.222. The molecule has 0 saturated carbocycles. The predicted molar refractivity (Wildman–Crippen MR) is 101 cm³/mol. The molecule has 126 valence electrons. The minimum Gasteiger partial charge on any atom is -0.455 e. The topological polar surface area (TPSA) is 55.4 Å². The van der Waals surface area contributed by atoms with Gasteiger partial charge in [-0.15, -0.1) is 11.8 Å². The largest absolute Gasteiger partial charge is 0.455 e. The summed E-state index contributed by atoms with van der Waals surface area (Å²) < 4.78 is 5.90. The highest BCUT2D eigenvalue weighted by atomic mass is 79.9. The average molecular weight is 408 g/mol. The number of benzene rings is 2. The van der Waals surface area contributed by atoms with Crippen molar-refractivity contribution in [1.82, 2.24) is 0 Å². The van der Waals surface area contributed by atoms with Gasteiger partial charge in [-0.1, -0.05) is 45.8 Å². The van der Waals surface area contributed by atoms with Gasteiger partial charge in [-0.2, -0.15) is 0 Å². The van der Waals surface area contributed by atoms with Crippen molar-refractivity contribution in [2.24, 2.45) is 0 Å². The Bertz CT molecular complexity index is 686. The molecular formula is C18H18BrNO3S. The summed E-state index contributed by atoms with van der Waals surface area (Å²) >= 11 is 4.79. The molecule has 6 heteroatoms. The Hall–Kier alpha value is -1.79. The lowest BCUT2D eigenvalue weighted by atomic mass is 10.2. The summed E-state index contributed by atoms with van der Waals surface area (Å²) in [6, 6.07) is 15.3. The molecule has 1 N–H and O–H groups in total. The van der Waals surface area contributed by atoms with Crippen molar-refractivity contribution in [3.05, 3.63) is 64.1 Å². The van der Waals surface area contributed by atoms with Crippen LogP contribution in [0, 0.1) is 6.92 Å². The van der Waals surface area contributed by atoms with Crippen LogP contribution < -0.4 is 5.32 Å². The van der Waals surface area contributed by atoms with Crippen molar-refractivity contribution in [2.45, 2.75) is 12.7 Å². The van der Waals surface area contributed by atoms with Crippen LogP contribution >= 0.6 is 27.7 Å². The fourth-order valence-corrected chi connectivity index (χ4v) is 2.90. The second-order valence-corrected chi connectivity index (χ2v) is 7.10. The first-order chi connectivity index (χ1) is 11.5. The van der Waals surface area contributed by atoms with Gasteiger partial charge in [0.25, 0.3) is 5.91 Å². The predicted octanol–water partition coefficient (Wildman–Crippen LogP) is 4.17. The van der Waals surface area contributed by atoms with Gasteiger partial charge in [-0.25, -0.2) is 0 Å². The smallest absolute Gasteiger partial charge is 0.316 e. The second-order valence-electron chi connectivity index (χ2n) is 5.19. The average Bonchev–Trinajstić information content (AvgIpc) is 2.57. The quantitative estimate of drug-likeness (QED) is 0.699. The minimum atomic E-state index is -0.391. The number of aryl methyl sites for hydroxylation is 1. The number of halogens is 1. The summed E-state index contributed by atoms with van der Waals surface area (Å²) in [4.78, 5) is 23.4. The molecule has 0 aliphatic heterocycles. The third-order valence-corrected chi connectivity index (χ3v) is 4.61. The van der Waals surface area contributed by atoms with Gasteiger partial charge in [0.15, 0.2) is 6.61 Å². The fourth-order valence-electron chi connectivity index (χ4n) is 1.85. The highest BCUT2D eigenvalue weighted by Gasteiger charge is 2.08. The van der Waals surface area contributed by atoms with E-state index in [0.29, 0.717) is 5.69 Å². The first kappa shape index (κ1) is 18.5. The summed E-state index contributed by atoms with van der Waals surface area (Å²) in [7, 11) is 0. The zero-order valence-electron chi connectivity index (χ0n) is 13.3. The molecule has 0 spiro atoms. The maximum atomic E-state index is 11.7. The van der Waals surface area contributed by atoms with Crippen LogP contribution in [0.25, 0.3) is 0 Å². The van der Waals surface area contributed by atoms with E-state index in [1.54, 1.807) is 12.1 Å². The SMILES string of the molecule is Cc1ccc(CSCC(=O)OCC(=O)Nc2ccc(Br)cc2)cc1. The van der Waals surface area contributed by atoms with E-state index in [4.69, 9.17) is 4.74 Å². The number of carbonyl (C=O) groups excluding carboxylic acids is 2. The van der Waals surface area contributed by atoms with Crippen molar-refractivity contribution in [3.63, 3.8) is 0 Å². The van der Waals surface area contributed by atoms with Gasteiger partial charge < -0.3 is 10.1 Å². The van der Waals surface area contributed by atoms with Crippen LogP contribution in [-0.4, -0.2) is 24.2 Å². The van der Waals surface area contributed by atoms with Crippen molar-refractivity contribution >= 4 is 45.3 Å². The molecule has 0 radical (unpaired) electrons. The van der Waals surface area contributed by atoms with E-state index in [-0.39, 0.29) is 18.3 Å². The van der Waals surface area contributed by atoms with Crippen LogP contribution in [0.3, 0.4) is 0 Å². The molecule has 2 rings (SSSR count). The number of carbonyl (C=O) groups is 2. The van der Waals surface area contributed by atoms with Gasteiger partial charge in [-0.05, 0) is 36.8 Å². The first-order valence-corrected chi connectivity index (χ1v) is 9.32. The monoisotopic (exact) mass is 407 g/mol. The number of esters is 1. The Balaban J connectivity index is 1.64. The zero-order valence-corrected chi connectivity index (χ0v) is 15.7. The number of anilines is 1. The summed E-state index contributed by atoms with van der Waals surface area (Å²) in [5, 5.41) is 2.67. The number of rotatable bonds is 7. The number of nitrogens with one attached hydrogen (secondary N) is 1. The first-order valence-electron chi connectivity index (χ1n) is 7.37. The Labute approximate surface area is 154 Å². The standard InChI is InChI=1S/C18H18BrNO3S/c1-13-2-4-14(5-3-13)11-24-12-18(22)23-10-17(21)20-16-8-6-15(19)7-9-16/h2-9H,10-12H2,1H3,(H,20,21). The molecule has 0 saturated heterocycles. The lowest BCUT2D eigenvalue weighted by Crippen LogP contribution is -2.21. The van der Waals surface area contributed by atoms with E-state index in [1.807, 2.05) is 43.3 Å². The van der Waals surface area contributed by atoms with Crippen molar-refractivity contribution in [3.8, 4) is 0 Å². The molecule has 0 heterocycles. The van der Waals surface area contributed by atoms with Crippen LogP contribution in [0.15, 0.2) is 53.0 Å². The highest BCUT2D eigenvalue weighted by Crippen LogP contribution is 2.14. The van der Waals surface area contributed by atoms with Gasteiger partial charge in [-0.3, -0.25) is 9.59 Å². The maximum Gasteiger partial charge on any atom is 0.316 e. The molecule has 0 aliphatic carbocycles. The number of amides is 1. The Morgan fingerprint density at radius 1 is 1.08 bits per heavy atom. The molecule has 2 aromatic carbocycles. The Morgan fingerprint density at radius 3 is 2.42 bits per heavy atom. The third-order valence-electron chi connectivity index (χ3n) is 3.10. The van der Waals surface area contributed by atoms with Gasteiger partial charge in [0.2, 0.25) is 0 Å². The van der Waals surface area contributed by atoms with Crippen LogP contribution in [0.2, 0.25) is 0 Å². The van der Waals surface area contributed by atoms with Gasteiger partial charge in [0, 0.05) is 15.9 Å². The van der Waals surface area contributed by atoms with Crippen LogP contribution in [0.1, 0.15) is 11.1 Å². The van der Waals surface area contributed by atoms with E-state index in [1.165, 1.54) is 17.3 Å². The van der Waals surface area contributed by atoms with Crippen LogP contribution in [0.4, 0.5) is 5.69 Å². The normalized spacial score (nSPS) is 10.2. The van der Waals surface area contributed by atoms with Crippen LogP contribution in [-0.2, 0) is 20.1 Å². The summed E-state index contributed by atoms with van der Waals surface area (Å²) in [6.45, 7) is 1.76. The van der Waals surface area contributed by atoms with E-state index in [2.05, 4.69) is 21.2 Å². The zero-order chi connectivity index (χ0) is 17.4. The third kappa shape index (κ3) is 6.76. The van der Waals surface area contributed by atoms with Crippen molar-refractivity contribution < 1.29 is 14.3 Å². The lowest BCUT2D eigenvalue weighted by Gasteiger charge is -2.07. The maximum absolute atomic E-state index is 11.7. The number of hydrogen-bond acceptors (Lipinski definition) is 4. The fraction of sp³-hybridized carbons (Fsp3) is 0.222. The number of hydrogen-bond donors (Lipinski definition) is 1. The molecule has 0 aromatic heterocycles. The number of thioether (sulfide) groups is 1. The highest BCUT2D eigenvalue weighted by molar-refractivity contribution is 9.10. The second kappa shape index (κ2) is 9.49. The van der Waals surface area contributed by atoms with Gasteiger partial charge in [0.1, 0.15) is 0 Å². The molecule has 0 atom stereocenters. The van der Waals surface area contributed by atoms with Gasteiger partial charge in [0.05, 0.1) is 5.75 Å². The molecule has 1 amide bonds. The molecule has 2 aromatic rings. The lowest BCUT2D eigenvalue weighted by molar-refractivity contribution is -0.144. The molecule has 0 fully saturated rings. The summed E-state index contributed by atoms with van der Waals surface area (Å²) in [5.41, 5.74) is 3.03. The van der Waals surface area contributed by atoms with Crippen molar-refractivity contribution in [2.75, 3.05) is 17.7 Å². The Morgan fingerprint density at radius 2 is 1.75 bits per heavy atom. The molecular weight excluding hydrogens is 390 g/mol. The van der Waals surface area contributed by atoms with Crippen LogP contribution in [0.5, 0.6) is 0 Å². The van der Waals surface area contributed by atoms with E-state index >= 15 is 0 Å². The molecule has 0 aliphatic rings. The Kier molecular flexibility index (Phi) is 7.34. The van der Waals surface area contributed by atoms with Crippen molar-refractivity contribution in [1.29, 1.82) is 0 Å². The molecule has 4 nitrogen and oxygen atoms in total. The van der Waals surface area contributed by atoms with E-state index < -0.39 is 5.97 Å². The summed E-state index contributed by atoms with van der Waals surface area (Å²) in [6.07, 6.45) is 0. The number of ether oxygens (including phenoxy) is 1. The molecule has 0 bridgehead atoms. The van der Waals surface area contributed by atoms with Gasteiger partial charge >= 0.3 is 5.97 Å². The van der Waals surface area contributed by atoms with E-state index in [9.17, 15) is 9.59 Å². The molecule has 24 heavy (non-hydrogen) atoms. The summed E-state index contributed by atoms with van der Waals surface area (Å²) in [5.74, 6) is 0.215.